The molecule has 138 valence electrons. The molecule has 7 heteroatoms. The molecule has 0 aromatic heterocycles. The summed E-state index contributed by atoms with van der Waals surface area (Å²) >= 11 is 8.05. The molecule has 0 radical (unpaired) electrons. The highest BCUT2D eigenvalue weighted by Crippen LogP contribution is 2.42. The molecule has 0 saturated carbocycles. The number of thioether (sulfide) groups is 1. The normalized spacial score (nSPS) is 17.0. The summed E-state index contributed by atoms with van der Waals surface area (Å²) in [6, 6.07) is 10.6. The van der Waals surface area contributed by atoms with E-state index in [2.05, 4.69) is 0 Å². The third-order valence-corrected chi connectivity index (χ3v) is 5.98. The Labute approximate surface area is 162 Å². The molecule has 2 N–H and O–H groups in total. The number of nitrogens with zero attached hydrogens (tertiary/aromatic N) is 2. The van der Waals surface area contributed by atoms with Crippen LogP contribution in [0.4, 0.5) is 5.69 Å². The average Bonchev–Trinajstić information content (AvgIpc) is 2.96. The molecule has 1 saturated heterocycles. The second-order valence-electron chi connectivity index (χ2n) is 6.42. The van der Waals surface area contributed by atoms with Crippen LogP contribution in [0.1, 0.15) is 16.5 Å². The first kappa shape index (κ1) is 18.7. The van der Waals surface area contributed by atoms with Crippen LogP contribution in [0.2, 0.25) is 5.02 Å². The molecule has 0 spiro atoms. The van der Waals surface area contributed by atoms with Crippen LogP contribution in [0.3, 0.4) is 0 Å². The monoisotopic (exact) mass is 392 g/mol. The lowest BCUT2D eigenvalue weighted by Gasteiger charge is -2.26. The number of carbonyl (C=O) groups is 1. The summed E-state index contributed by atoms with van der Waals surface area (Å²) in [5.41, 5.74) is 2.80. The van der Waals surface area contributed by atoms with E-state index >= 15 is 0 Å². The van der Waals surface area contributed by atoms with Crippen LogP contribution in [0.15, 0.2) is 36.4 Å². The number of benzene rings is 2. The Morgan fingerprint density at radius 2 is 1.96 bits per heavy atom. The van der Waals surface area contributed by atoms with Gasteiger partial charge in [0.15, 0.2) is 11.5 Å². The van der Waals surface area contributed by atoms with Crippen molar-refractivity contribution in [3.8, 4) is 11.5 Å². The lowest BCUT2D eigenvalue weighted by Crippen LogP contribution is -2.30. The van der Waals surface area contributed by atoms with Gasteiger partial charge in [0.1, 0.15) is 5.37 Å². The Bertz CT molecular complexity index is 828. The molecule has 1 amide bonds. The van der Waals surface area contributed by atoms with E-state index in [1.54, 1.807) is 17.8 Å². The number of halogens is 1. The van der Waals surface area contributed by atoms with Crippen LogP contribution in [0, 0.1) is 0 Å². The lowest BCUT2D eigenvalue weighted by molar-refractivity contribution is -0.128. The zero-order valence-corrected chi connectivity index (χ0v) is 16.2. The van der Waals surface area contributed by atoms with E-state index in [-0.39, 0.29) is 22.8 Å². The number of hydrogen-bond acceptors (Lipinski definition) is 5. The van der Waals surface area contributed by atoms with Crippen molar-refractivity contribution < 1.29 is 15.0 Å². The predicted molar refractivity (Wildman–Crippen MR) is 106 cm³/mol. The topological polar surface area (TPSA) is 64.0 Å². The van der Waals surface area contributed by atoms with Crippen LogP contribution < -0.4 is 4.90 Å². The quantitative estimate of drug-likeness (QED) is 0.760. The highest BCUT2D eigenvalue weighted by atomic mass is 35.5. The van der Waals surface area contributed by atoms with Crippen molar-refractivity contribution in [3.05, 3.63) is 52.5 Å². The van der Waals surface area contributed by atoms with Gasteiger partial charge in [-0.2, -0.15) is 0 Å². The van der Waals surface area contributed by atoms with Gasteiger partial charge in [0, 0.05) is 36.9 Å². The summed E-state index contributed by atoms with van der Waals surface area (Å²) in [6.45, 7) is 0.520. The van der Waals surface area contributed by atoms with Gasteiger partial charge in [0.25, 0.3) is 0 Å². The Hall–Kier alpha value is -2.05. The first-order valence-electron chi connectivity index (χ1n) is 8.25. The molecule has 0 aliphatic carbocycles. The van der Waals surface area contributed by atoms with Crippen molar-refractivity contribution in [3.63, 3.8) is 0 Å². The van der Waals surface area contributed by atoms with Gasteiger partial charge in [-0.3, -0.25) is 4.79 Å². The molecule has 26 heavy (non-hydrogen) atoms. The van der Waals surface area contributed by atoms with Crippen LogP contribution in [-0.4, -0.2) is 47.4 Å². The molecule has 2 aromatic rings. The van der Waals surface area contributed by atoms with E-state index in [4.69, 9.17) is 11.6 Å². The molecule has 0 bridgehead atoms. The van der Waals surface area contributed by atoms with Crippen molar-refractivity contribution in [2.45, 2.75) is 11.8 Å². The standard InChI is InChI=1S/C19H21ClN2O3S/c1-21(2)13-4-5-14(15(20)10-13)19-22(18(25)11-26-19)8-7-12-3-6-16(23)17(24)9-12/h3-6,9-10,19,23-24H,7-8,11H2,1-2H3. The van der Waals surface area contributed by atoms with Crippen molar-refractivity contribution in [1.29, 1.82) is 0 Å². The van der Waals surface area contributed by atoms with Gasteiger partial charge in [-0.15, -0.1) is 11.8 Å². The van der Waals surface area contributed by atoms with Crippen molar-refractivity contribution in [1.82, 2.24) is 4.90 Å². The molecule has 1 unspecified atom stereocenters. The predicted octanol–water partition coefficient (Wildman–Crippen LogP) is 3.63. The van der Waals surface area contributed by atoms with E-state index in [0.29, 0.717) is 23.7 Å². The zero-order chi connectivity index (χ0) is 18.8. The number of phenols is 2. The van der Waals surface area contributed by atoms with Gasteiger partial charge in [-0.25, -0.2) is 0 Å². The molecular formula is C19H21ClN2O3S. The third-order valence-electron chi connectivity index (χ3n) is 4.42. The largest absolute Gasteiger partial charge is 0.504 e. The third kappa shape index (κ3) is 3.86. The van der Waals surface area contributed by atoms with Gasteiger partial charge < -0.3 is 20.0 Å². The van der Waals surface area contributed by atoms with Crippen molar-refractivity contribution in [2.75, 3.05) is 31.3 Å². The Morgan fingerprint density at radius 1 is 1.19 bits per heavy atom. The minimum absolute atomic E-state index is 0.0794. The highest BCUT2D eigenvalue weighted by molar-refractivity contribution is 8.00. The fraction of sp³-hybridized carbons (Fsp3) is 0.316. The van der Waals surface area contributed by atoms with E-state index in [1.807, 2.05) is 42.1 Å². The second kappa shape index (κ2) is 7.68. The number of carbonyl (C=O) groups excluding carboxylic acids is 1. The second-order valence-corrected chi connectivity index (χ2v) is 7.90. The van der Waals surface area contributed by atoms with Crippen molar-refractivity contribution >= 4 is 35.0 Å². The van der Waals surface area contributed by atoms with Gasteiger partial charge in [0.05, 0.1) is 5.75 Å². The Kier molecular flexibility index (Phi) is 5.53. The molecule has 5 nitrogen and oxygen atoms in total. The molecular weight excluding hydrogens is 372 g/mol. The maximum Gasteiger partial charge on any atom is 0.233 e. The summed E-state index contributed by atoms with van der Waals surface area (Å²) in [7, 11) is 3.91. The van der Waals surface area contributed by atoms with E-state index < -0.39 is 0 Å². The lowest BCUT2D eigenvalue weighted by atomic mass is 10.1. The molecule has 1 heterocycles. The molecule has 1 aliphatic heterocycles. The van der Waals surface area contributed by atoms with E-state index in [0.717, 1.165) is 16.8 Å². The minimum atomic E-state index is -0.150. The maximum absolute atomic E-state index is 12.4. The molecule has 1 atom stereocenters. The van der Waals surface area contributed by atoms with E-state index in [1.165, 1.54) is 12.1 Å². The zero-order valence-electron chi connectivity index (χ0n) is 14.6. The smallest absolute Gasteiger partial charge is 0.233 e. The SMILES string of the molecule is CN(C)c1ccc(C2SCC(=O)N2CCc2ccc(O)c(O)c2)c(Cl)c1. The minimum Gasteiger partial charge on any atom is -0.504 e. The number of amides is 1. The Balaban J connectivity index is 1.77. The number of phenolic OH excluding ortho intramolecular Hbond substituents is 2. The van der Waals surface area contributed by atoms with Crippen LogP contribution in [-0.2, 0) is 11.2 Å². The number of hydrogen-bond donors (Lipinski definition) is 2. The van der Waals surface area contributed by atoms with Crippen LogP contribution in [0.5, 0.6) is 11.5 Å². The summed E-state index contributed by atoms with van der Waals surface area (Å²) in [6.07, 6.45) is 0.587. The first-order valence-corrected chi connectivity index (χ1v) is 9.68. The molecule has 2 aromatic carbocycles. The fourth-order valence-electron chi connectivity index (χ4n) is 2.92. The number of aromatic hydroxyl groups is 2. The van der Waals surface area contributed by atoms with Gasteiger partial charge in [0.2, 0.25) is 5.91 Å². The average molecular weight is 393 g/mol. The molecule has 1 fully saturated rings. The van der Waals surface area contributed by atoms with Gasteiger partial charge in [-0.05, 0) is 36.2 Å². The maximum atomic E-state index is 12.4. The van der Waals surface area contributed by atoms with Gasteiger partial charge in [-0.1, -0.05) is 23.7 Å². The summed E-state index contributed by atoms with van der Waals surface area (Å²) in [4.78, 5) is 16.2. The Morgan fingerprint density at radius 3 is 2.62 bits per heavy atom. The van der Waals surface area contributed by atoms with Gasteiger partial charge >= 0.3 is 0 Å². The van der Waals surface area contributed by atoms with Crippen LogP contribution >= 0.6 is 23.4 Å². The summed E-state index contributed by atoms with van der Waals surface area (Å²) in [5, 5.41) is 19.6. The summed E-state index contributed by atoms with van der Waals surface area (Å²) < 4.78 is 0. The van der Waals surface area contributed by atoms with E-state index in [9.17, 15) is 15.0 Å². The summed E-state index contributed by atoms with van der Waals surface area (Å²) in [5.74, 6) is 0.212. The molecule has 3 rings (SSSR count). The van der Waals surface area contributed by atoms with Crippen LogP contribution in [0.25, 0.3) is 0 Å². The van der Waals surface area contributed by atoms with Crippen molar-refractivity contribution in [2.24, 2.45) is 0 Å². The highest BCUT2D eigenvalue weighted by Gasteiger charge is 2.33. The first-order chi connectivity index (χ1) is 12.4. The fourth-order valence-corrected chi connectivity index (χ4v) is 4.52. The number of rotatable bonds is 5. The molecule has 1 aliphatic rings. The number of anilines is 1.